The van der Waals surface area contributed by atoms with Crippen LogP contribution in [0.25, 0.3) is 0 Å². The zero-order chi connectivity index (χ0) is 8.81. The van der Waals surface area contributed by atoms with Gasteiger partial charge in [0.2, 0.25) is 0 Å². The van der Waals surface area contributed by atoms with Gasteiger partial charge in [-0.15, -0.1) is 0 Å². The van der Waals surface area contributed by atoms with Crippen molar-refractivity contribution in [2.24, 2.45) is 5.92 Å². The first-order chi connectivity index (χ1) is 5.83. The van der Waals surface area contributed by atoms with Gasteiger partial charge in [-0.25, -0.2) is 0 Å². The van der Waals surface area contributed by atoms with E-state index in [4.69, 9.17) is 5.26 Å². The highest BCUT2D eigenvalue weighted by molar-refractivity contribution is 4.78. The maximum absolute atomic E-state index is 8.56. The Bertz CT molecular complexity index is 154. The normalized spacial score (nSPS) is 20.7. The van der Waals surface area contributed by atoms with Crippen LogP contribution >= 0.6 is 0 Å². The van der Waals surface area contributed by atoms with E-state index >= 15 is 0 Å². The second kappa shape index (κ2) is 5.16. The van der Waals surface area contributed by atoms with Crippen molar-refractivity contribution in [2.75, 3.05) is 19.6 Å². The van der Waals surface area contributed by atoms with Crippen LogP contribution in [0, 0.1) is 17.2 Å². The van der Waals surface area contributed by atoms with E-state index in [9.17, 15) is 0 Å². The van der Waals surface area contributed by atoms with E-state index in [1.807, 2.05) is 6.92 Å². The lowest BCUT2D eigenvalue weighted by atomic mass is 10.1. The first-order valence-corrected chi connectivity index (χ1v) is 4.95. The quantitative estimate of drug-likeness (QED) is 0.639. The minimum Gasteiger partial charge on any atom is -0.303 e. The van der Waals surface area contributed by atoms with Gasteiger partial charge in [-0.1, -0.05) is 0 Å². The molecule has 0 aromatic rings. The lowest BCUT2D eigenvalue weighted by Gasteiger charge is -2.14. The molecule has 1 aliphatic heterocycles. The number of hydrogen-bond donors (Lipinski definition) is 0. The Kier molecular flexibility index (Phi) is 4.10. The molecule has 1 saturated heterocycles. The van der Waals surface area contributed by atoms with Gasteiger partial charge in [0, 0.05) is 5.92 Å². The zero-order valence-corrected chi connectivity index (χ0v) is 7.92. The monoisotopic (exact) mass is 166 g/mol. The fourth-order valence-electron chi connectivity index (χ4n) is 1.69. The second-order valence-corrected chi connectivity index (χ2v) is 3.72. The van der Waals surface area contributed by atoms with Gasteiger partial charge >= 0.3 is 0 Å². The minimum atomic E-state index is 0.243. The third-order valence-corrected chi connectivity index (χ3v) is 2.53. The Morgan fingerprint density at radius 2 is 2.08 bits per heavy atom. The fraction of sp³-hybridized carbons (Fsp3) is 0.900. The fourth-order valence-corrected chi connectivity index (χ4v) is 1.69. The third kappa shape index (κ3) is 3.23. The molecule has 0 aliphatic carbocycles. The first kappa shape index (κ1) is 9.54. The molecule has 2 heteroatoms. The van der Waals surface area contributed by atoms with Gasteiger partial charge in [0.1, 0.15) is 0 Å². The number of hydrogen-bond acceptors (Lipinski definition) is 2. The molecule has 0 aromatic heterocycles. The van der Waals surface area contributed by atoms with Gasteiger partial charge in [-0.05, 0) is 52.2 Å². The Labute approximate surface area is 75.2 Å². The average Bonchev–Trinajstić information content (AvgIpc) is 2.57. The highest BCUT2D eigenvalue weighted by Gasteiger charge is 2.10. The van der Waals surface area contributed by atoms with Crippen molar-refractivity contribution >= 4 is 0 Å². The summed E-state index contributed by atoms with van der Waals surface area (Å²) in [6, 6.07) is 2.27. The summed E-state index contributed by atoms with van der Waals surface area (Å²) in [5, 5.41) is 8.56. The van der Waals surface area contributed by atoms with Gasteiger partial charge in [-0.2, -0.15) is 5.26 Å². The summed E-state index contributed by atoms with van der Waals surface area (Å²) in [5.41, 5.74) is 0. The zero-order valence-electron chi connectivity index (χ0n) is 7.92. The molecule has 0 saturated carbocycles. The summed E-state index contributed by atoms with van der Waals surface area (Å²) < 4.78 is 0. The predicted octanol–water partition coefficient (Wildman–Crippen LogP) is 2.02. The maximum atomic E-state index is 8.56. The molecule has 68 valence electrons. The van der Waals surface area contributed by atoms with Gasteiger partial charge in [0.05, 0.1) is 6.07 Å². The van der Waals surface area contributed by atoms with E-state index in [-0.39, 0.29) is 5.92 Å². The summed E-state index contributed by atoms with van der Waals surface area (Å²) in [4.78, 5) is 2.50. The largest absolute Gasteiger partial charge is 0.303 e. The molecule has 0 amide bonds. The number of nitriles is 1. The number of rotatable bonds is 4. The smallest absolute Gasteiger partial charge is 0.0652 e. The summed E-state index contributed by atoms with van der Waals surface area (Å²) in [6.07, 6.45) is 4.99. The molecule has 0 aromatic carbocycles. The Morgan fingerprint density at radius 1 is 1.42 bits per heavy atom. The van der Waals surface area contributed by atoms with Gasteiger partial charge in [0.15, 0.2) is 0 Å². The third-order valence-electron chi connectivity index (χ3n) is 2.53. The topological polar surface area (TPSA) is 27.0 Å². The molecule has 2 nitrogen and oxygen atoms in total. The number of nitrogens with zero attached hydrogens (tertiary/aromatic N) is 2. The molecule has 0 bridgehead atoms. The molecule has 0 spiro atoms. The van der Waals surface area contributed by atoms with Crippen molar-refractivity contribution in [1.82, 2.24) is 4.90 Å². The summed E-state index contributed by atoms with van der Waals surface area (Å²) in [5.74, 6) is 0.243. The van der Waals surface area contributed by atoms with Crippen molar-refractivity contribution in [3.8, 4) is 6.07 Å². The van der Waals surface area contributed by atoms with Crippen LogP contribution < -0.4 is 0 Å². The molecule has 1 heterocycles. The lowest BCUT2D eigenvalue weighted by Crippen LogP contribution is -2.20. The van der Waals surface area contributed by atoms with E-state index in [0.29, 0.717) is 0 Å². The predicted molar refractivity (Wildman–Crippen MR) is 49.7 cm³/mol. The van der Waals surface area contributed by atoms with Crippen LogP contribution in [0.3, 0.4) is 0 Å². The molecule has 0 N–H and O–H groups in total. The SMILES string of the molecule is CC(C#N)CCCN1CCCC1. The highest BCUT2D eigenvalue weighted by Crippen LogP contribution is 2.10. The molecule has 1 unspecified atom stereocenters. The minimum absolute atomic E-state index is 0.243. The maximum Gasteiger partial charge on any atom is 0.0652 e. The first-order valence-electron chi connectivity index (χ1n) is 4.95. The van der Waals surface area contributed by atoms with Crippen molar-refractivity contribution in [1.29, 1.82) is 5.26 Å². The Hall–Kier alpha value is -0.550. The van der Waals surface area contributed by atoms with Crippen LogP contribution in [0.5, 0.6) is 0 Å². The van der Waals surface area contributed by atoms with Crippen LogP contribution in [-0.2, 0) is 0 Å². The summed E-state index contributed by atoms with van der Waals surface area (Å²) >= 11 is 0. The van der Waals surface area contributed by atoms with Crippen molar-refractivity contribution in [2.45, 2.75) is 32.6 Å². The van der Waals surface area contributed by atoms with Crippen molar-refractivity contribution in [3.05, 3.63) is 0 Å². The lowest BCUT2D eigenvalue weighted by molar-refractivity contribution is 0.325. The second-order valence-electron chi connectivity index (χ2n) is 3.72. The van der Waals surface area contributed by atoms with E-state index in [1.54, 1.807) is 0 Å². The molecular weight excluding hydrogens is 148 g/mol. The molecular formula is C10H18N2. The van der Waals surface area contributed by atoms with Crippen LogP contribution in [-0.4, -0.2) is 24.5 Å². The Morgan fingerprint density at radius 3 is 2.67 bits per heavy atom. The molecule has 1 atom stereocenters. The molecule has 1 fully saturated rings. The molecule has 0 radical (unpaired) electrons. The van der Waals surface area contributed by atoms with Gasteiger partial charge in [-0.3, -0.25) is 0 Å². The molecule has 1 aliphatic rings. The van der Waals surface area contributed by atoms with Gasteiger partial charge < -0.3 is 4.90 Å². The summed E-state index contributed by atoms with van der Waals surface area (Å²) in [6.45, 7) is 5.76. The molecule has 12 heavy (non-hydrogen) atoms. The van der Waals surface area contributed by atoms with E-state index in [0.717, 1.165) is 6.42 Å². The Balaban J connectivity index is 1.98. The average molecular weight is 166 g/mol. The standard InChI is InChI=1S/C10H18N2/c1-10(9-11)5-4-8-12-6-2-3-7-12/h10H,2-8H2,1H3. The van der Waals surface area contributed by atoms with E-state index in [1.165, 1.54) is 38.9 Å². The summed E-state index contributed by atoms with van der Waals surface area (Å²) in [7, 11) is 0. The molecule has 1 rings (SSSR count). The van der Waals surface area contributed by atoms with Crippen LogP contribution in [0.15, 0.2) is 0 Å². The van der Waals surface area contributed by atoms with Crippen LogP contribution in [0.1, 0.15) is 32.6 Å². The van der Waals surface area contributed by atoms with E-state index in [2.05, 4.69) is 11.0 Å². The van der Waals surface area contributed by atoms with Crippen molar-refractivity contribution in [3.63, 3.8) is 0 Å². The van der Waals surface area contributed by atoms with Crippen LogP contribution in [0.2, 0.25) is 0 Å². The highest BCUT2D eigenvalue weighted by atomic mass is 15.1. The van der Waals surface area contributed by atoms with Crippen molar-refractivity contribution < 1.29 is 0 Å². The van der Waals surface area contributed by atoms with Gasteiger partial charge in [0.25, 0.3) is 0 Å². The van der Waals surface area contributed by atoms with E-state index < -0.39 is 0 Å². The number of likely N-dealkylation sites (tertiary alicyclic amines) is 1. The van der Waals surface area contributed by atoms with Crippen LogP contribution in [0.4, 0.5) is 0 Å².